The fourth-order valence-corrected chi connectivity index (χ4v) is 2.68. The smallest absolute Gasteiger partial charge is 0.0330 e. The molecule has 0 saturated heterocycles. The van der Waals surface area contributed by atoms with Crippen molar-refractivity contribution in [1.29, 1.82) is 0 Å². The van der Waals surface area contributed by atoms with Gasteiger partial charge in [-0.25, -0.2) is 0 Å². The van der Waals surface area contributed by atoms with E-state index >= 15 is 0 Å². The molecule has 1 atom stereocenters. The second-order valence-corrected chi connectivity index (χ2v) is 5.67. The van der Waals surface area contributed by atoms with E-state index in [1.54, 1.807) is 0 Å². The highest BCUT2D eigenvalue weighted by molar-refractivity contribution is 7.98. The molecular weight excluding hydrogens is 226 g/mol. The molecule has 1 aromatic carbocycles. The molecule has 0 aliphatic rings. The number of hydrogen-bond acceptors (Lipinski definition) is 2. The largest absolute Gasteiger partial charge is 0.310 e. The lowest BCUT2D eigenvalue weighted by Crippen LogP contribution is -2.22. The van der Waals surface area contributed by atoms with Crippen molar-refractivity contribution in [3.8, 4) is 0 Å². The molecule has 1 N–H and O–H groups in total. The standard InChI is InChI=1S/C15H25NS/c1-6-16-15(7-8-17-5)14-10-12(3)11(2)9-13(14)4/h9-10,15-16H,6-8H2,1-5H3. The van der Waals surface area contributed by atoms with Crippen LogP contribution in [0.3, 0.4) is 0 Å². The van der Waals surface area contributed by atoms with E-state index in [1.807, 2.05) is 11.8 Å². The lowest BCUT2D eigenvalue weighted by Gasteiger charge is -2.21. The van der Waals surface area contributed by atoms with E-state index in [4.69, 9.17) is 0 Å². The third kappa shape index (κ3) is 4.04. The molecule has 17 heavy (non-hydrogen) atoms. The van der Waals surface area contributed by atoms with Crippen molar-refractivity contribution in [2.45, 2.75) is 40.2 Å². The highest BCUT2D eigenvalue weighted by Gasteiger charge is 2.13. The molecule has 0 spiro atoms. The zero-order valence-corrected chi connectivity index (χ0v) is 12.6. The van der Waals surface area contributed by atoms with Crippen molar-refractivity contribution >= 4 is 11.8 Å². The Morgan fingerprint density at radius 2 is 1.76 bits per heavy atom. The van der Waals surface area contributed by atoms with E-state index in [0.29, 0.717) is 6.04 Å². The lowest BCUT2D eigenvalue weighted by atomic mass is 9.94. The number of aryl methyl sites for hydroxylation is 3. The summed E-state index contributed by atoms with van der Waals surface area (Å²) in [5.41, 5.74) is 5.69. The third-order valence-corrected chi connectivity index (χ3v) is 3.96. The molecule has 0 radical (unpaired) electrons. The summed E-state index contributed by atoms with van der Waals surface area (Å²) in [6.45, 7) is 9.84. The molecule has 96 valence electrons. The molecule has 1 unspecified atom stereocenters. The average molecular weight is 251 g/mol. The monoisotopic (exact) mass is 251 g/mol. The van der Waals surface area contributed by atoms with Gasteiger partial charge >= 0.3 is 0 Å². The van der Waals surface area contributed by atoms with E-state index in [-0.39, 0.29) is 0 Å². The number of benzene rings is 1. The van der Waals surface area contributed by atoms with Crippen LogP contribution in [0, 0.1) is 20.8 Å². The predicted molar refractivity (Wildman–Crippen MR) is 80.1 cm³/mol. The Kier molecular flexibility index (Phi) is 6.07. The SMILES string of the molecule is CCNC(CCSC)c1cc(C)c(C)cc1C. The summed E-state index contributed by atoms with van der Waals surface area (Å²) in [6, 6.07) is 5.18. The normalized spacial score (nSPS) is 12.8. The maximum atomic E-state index is 3.61. The van der Waals surface area contributed by atoms with Crippen molar-refractivity contribution in [3.05, 3.63) is 34.4 Å². The fourth-order valence-electron chi connectivity index (χ4n) is 2.21. The van der Waals surface area contributed by atoms with Gasteiger partial charge in [-0.05, 0) is 68.0 Å². The summed E-state index contributed by atoms with van der Waals surface area (Å²) < 4.78 is 0. The minimum Gasteiger partial charge on any atom is -0.310 e. The van der Waals surface area contributed by atoms with Gasteiger partial charge in [0.1, 0.15) is 0 Å². The molecule has 0 aliphatic heterocycles. The van der Waals surface area contributed by atoms with Gasteiger partial charge in [-0.2, -0.15) is 11.8 Å². The third-order valence-electron chi connectivity index (χ3n) is 3.32. The molecule has 0 amide bonds. The van der Waals surface area contributed by atoms with E-state index in [0.717, 1.165) is 6.54 Å². The molecule has 0 aromatic heterocycles. The molecular formula is C15H25NS. The predicted octanol–water partition coefficient (Wildman–Crippen LogP) is 4.02. The molecule has 0 saturated carbocycles. The summed E-state index contributed by atoms with van der Waals surface area (Å²) in [5, 5.41) is 3.61. The Morgan fingerprint density at radius 3 is 2.35 bits per heavy atom. The summed E-state index contributed by atoms with van der Waals surface area (Å²) in [7, 11) is 0. The second-order valence-electron chi connectivity index (χ2n) is 4.68. The minimum atomic E-state index is 0.506. The van der Waals surface area contributed by atoms with E-state index in [2.05, 4.69) is 51.4 Å². The fraction of sp³-hybridized carbons (Fsp3) is 0.600. The Balaban J connectivity index is 2.96. The molecule has 0 heterocycles. The first-order valence-corrected chi connectivity index (χ1v) is 7.79. The average Bonchev–Trinajstić information content (AvgIpc) is 2.29. The van der Waals surface area contributed by atoms with Crippen molar-refractivity contribution in [3.63, 3.8) is 0 Å². The van der Waals surface area contributed by atoms with Crippen LogP contribution in [0.1, 0.15) is 41.6 Å². The van der Waals surface area contributed by atoms with Crippen LogP contribution in [0.4, 0.5) is 0 Å². The zero-order valence-electron chi connectivity index (χ0n) is 11.8. The Hall–Kier alpha value is -0.470. The van der Waals surface area contributed by atoms with Crippen LogP contribution in [0.2, 0.25) is 0 Å². The van der Waals surface area contributed by atoms with Crippen molar-refractivity contribution in [2.75, 3.05) is 18.6 Å². The molecule has 1 rings (SSSR count). The van der Waals surface area contributed by atoms with Crippen molar-refractivity contribution < 1.29 is 0 Å². The van der Waals surface area contributed by atoms with Crippen LogP contribution in [-0.4, -0.2) is 18.6 Å². The molecule has 2 heteroatoms. The number of nitrogens with one attached hydrogen (secondary N) is 1. The highest BCUT2D eigenvalue weighted by atomic mass is 32.2. The Bertz CT molecular complexity index is 360. The summed E-state index contributed by atoms with van der Waals surface area (Å²) >= 11 is 1.92. The van der Waals surface area contributed by atoms with Gasteiger partial charge in [-0.15, -0.1) is 0 Å². The molecule has 0 bridgehead atoms. The van der Waals surface area contributed by atoms with Crippen LogP contribution in [0.15, 0.2) is 12.1 Å². The summed E-state index contributed by atoms with van der Waals surface area (Å²) in [5.74, 6) is 1.21. The molecule has 0 aliphatic carbocycles. The number of rotatable bonds is 6. The van der Waals surface area contributed by atoms with Gasteiger partial charge in [0, 0.05) is 6.04 Å². The van der Waals surface area contributed by atoms with Gasteiger partial charge in [0.25, 0.3) is 0 Å². The van der Waals surface area contributed by atoms with Crippen LogP contribution in [0.25, 0.3) is 0 Å². The lowest BCUT2D eigenvalue weighted by molar-refractivity contribution is 0.538. The van der Waals surface area contributed by atoms with Crippen LogP contribution in [-0.2, 0) is 0 Å². The molecule has 0 fully saturated rings. The van der Waals surface area contributed by atoms with Crippen LogP contribution < -0.4 is 5.32 Å². The van der Waals surface area contributed by atoms with E-state index in [9.17, 15) is 0 Å². The molecule has 1 nitrogen and oxygen atoms in total. The number of hydrogen-bond donors (Lipinski definition) is 1. The summed E-state index contributed by atoms with van der Waals surface area (Å²) in [4.78, 5) is 0. The topological polar surface area (TPSA) is 12.0 Å². The van der Waals surface area contributed by atoms with E-state index in [1.165, 1.54) is 34.4 Å². The van der Waals surface area contributed by atoms with Gasteiger partial charge in [-0.3, -0.25) is 0 Å². The van der Waals surface area contributed by atoms with Crippen molar-refractivity contribution in [1.82, 2.24) is 5.32 Å². The van der Waals surface area contributed by atoms with Crippen LogP contribution in [0.5, 0.6) is 0 Å². The zero-order chi connectivity index (χ0) is 12.8. The van der Waals surface area contributed by atoms with Gasteiger partial charge < -0.3 is 5.32 Å². The minimum absolute atomic E-state index is 0.506. The Labute approximate surface area is 110 Å². The highest BCUT2D eigenvalue weighted by Crippen LogP contribution is 2.25. The first-order valence-electron chi connectivity index (χ1n) is 6.40. The van der Waals surface area contributed by atoms with Crippen molar-refractivity contribution in [2.24, 2.45) is 0 Å². The Morgan fingerprint density at radius 1 is 1.12 bits per heavy atom. The number of thioether (sulfide) groups is 1. The maximum Gasteiger partial charge on any atom is 0.0330 e. The first-order chi connectivity index (χ1) is 8.10. The van der Waals surface area contributed by atoms with Gasteiger partial charge in [0.05, 0.1) is 0 Å². The molecule has 1 aromatic rings. The first kappa shape index (κ1) is 14.6. The summed E-state index contributed by atoms with van der Waals surface area (Å²) in [6.07, 6.45) is 3.38. The van der Waals surface area contributed by atoms with E-state index < -0.39 is 0 Å². The van der Waals surface area contributed by atoms with Gasteiger partial charge in [-0.1, -0.05) is 19.1 Å². The van der Waals surface area contributed by atoms with Crippen LogP contribution >= 0.6 is 11.8 Å². The maximum absolute atomic E-state index is 3.61. The van der Waals surface area contributed by atoms with Gasteiger partial charge in [0.2, 0.25) is 0 Å². The van der Waals surface area contributed by atoms with Gasteiger partial charge in [0.15, 0.2) is 0 Å². The second kappa shape index (κ2) is 7.07. The quantitative estimate of drug-likeness (QED) is 0.819.